The summed E-state index contributed by atoms with van der Waals surface area (Å²) in [6.45, 7) is 9.30. The minimum atomic E-state index is -0.0630. The number of carbonyl (C=O) groups is 1. The van der Waals surface area contributed by atoms with Crippen LogP contribution < -0.4 is 14.8 Å². The largest absolute Gasteiger partial charge is 0.497 e. The molecule has 0 saturated heterocycles. The Morgan fingerprint density at radius 3 is 2.58 bits per heavy atom. The zero-order chi connectivity index (χ0) is 19.3. The second-order valence-corrected chi connectivity index (χ2v) is 6.84. The van der Waals surface area contributed by atoms with E-state index >= 15 is 0 Å². The fraction of sp³-hybridized carbons (Fsp3) is 0.500. The zero-order valence-electron chi connectivity index (χ0n) is 16.5. The third-order valence-electron chi connectivity index (χ3n) is 4.35. The lowest BCUT2D eigenvalue weighted by Gasteiger charge is -2.12. The summed E-state index contributed by atoms with van der Waals surface area (Å²) >= 11 is 0. The number of hydrogen-bond acceptors (Lipinski definition) is 4. The summed E-state index contributed by atoms with van der Waals surface area (Å²) in [5, 5.41) is 7.52. The Labute approximate surface area is 155 Å². The third-order valence-corrected chi connectivity index (χ3v) is 4.35. The average molecular weight is 359 g/mol. The van der Waals surface area contributed by atoms with Crippen LogP contribution in [0.4, 0.5) is 5.69 Å². The summed E-state index contributed by atoms with van der Waals surface area (Å²) in [6, 6.07) is 5.33. The molecule has 142 valence electrons. The van der Waals surface area contributed by atoms with Gasteiger partial charge in [-0.05, 0) is 43.9 Å². The van der Waals surface area contributed by atoms with Crippen LogP contribution in [0.5, 0.6) is 11.5 Å². The van der Waals surface area contributed by atoms with Crippen LogP contribution >= 0.6 is 0 Å². The number of hydrogen-bond donors (Lipinski definition) is 1. The van der Waals surface area contributed by atoms with Crippen LogP contribution in [0.15, 0.2) is 18.2 Å². The van der Waals surface area contributed by atoms with Crippen LogP contribution in [0, 0.1) is 19.8 Å². The lowest BCUT2D eigenvalue weighted by atomic mass is 10.1. The van der Waals surface area contributed by atoms with Crippen molar-refractivity contribution in [3.8, 4) is 11.5 Å². The number of nitrogens with zero attached hydrogens (tertiary/aromatic N) is 2. The van der Waals surface area contributed by atoms with Gasteiger partial charge in [-0.2, -0.15) is 5.10 Å². The first-order chi connectivity index (χ1) is 12.3. The van der Waals surface area contributed by atoms with Crippen LogP contribution in [-0.4, -0.2) is 29.9 Å². The summed E-state index contributed by atoms with van der Waals surface area (Å²) < 4.78 is 12.6. The predicted molar refractivity (Wildman–Crippen MR) is 103 cm³/mol. The van der Waals surface area contributed by atoms with Crippen molar-refractivity contribution in [3.63, 3.8) is 0 Å². The highest BCUT2D eigenvalue weighted by atomic mass is 16.5. The van der Waals surface area contributed by atoms with E-state index in [0.29, 0.717) is 35.9 Å². The molecule has 1 aromatic heterocycles. The van der Waals surface area contributed by atoms with E-state index in [4.69, 9.17) is 9.47 Å². The number of aryl methyl sites for hydroxylation is 1. The molecule has 1 heterocycles. The molecule has 0 radical (unpaired) electrons. The SMILES string of the molecule is COc1ccc(OC)c(NC(=O)CCc2c(C)nn(CC(C)C)c2C)c1. The van der Waals surface area contributed by atoms with Gasteiger partial charge in [0, 0.05) is 24.7 Å². The number of carbonyl (C=O) groups excluding carboxylic acids is 1. The van der Waals surface area contributed by atoms with Gasteiger partial charge in [-0.15, -0.1) is 0 Å². The Morgan fingerprint density at radius 2 is 1.96 bits per heavy atom. The standard InChI is InChI=1S/C20H29N3O3/c1-13(2)12-23-15(4)17(14(3)22-23)8-10-20(24)21-18-11-16(25-5)7-9-19(18)26-6/h7,9,11,13H,8,10,12H2,1-6H3,(H,21,24). The molecule has 26 heavy (non-hydrogen) atoms. The molecule has 6 nitrogen and oxygen atoms in total. The lowest BCUT2D eigenvalue weighted by Crippen LogP contribution is -2.14. The van der Waals surface area contributed by atoms with Crippen molar-refractivity contribution in [3.05, 3.63) is 35.2 Å². The van der Waals surface area contributed by atoms with Gasteiger partial charge >= 0.3 is 0 Å². The van der Waals surface area contributed by atoms with Crippen molar-refractivity contribution in [1.82, 2.24) is 9.78 Å². The smallest absolute Gasteiger partial charge is 0.224 e. The molecule has 0 atom stereocenters. The molecule has 0 saturated carbocycles. The van der Waals surface area contributed by atoms with Crippen LogP contribution in [0.2, 0.25) is 0 Å². The molecule has 6 heteroatoms. The van der Waals surface area contributed by atoms with E-state index in [2.05, 4.69) is 31.2 Å². The molecule has 0 aliphatic carbocycles. The van der Waals surface area contributed by atoms with E-state index in [1.54, 1.807) is 32.4 Å². The van der Waals surface area contributed by atoms with Gasteiger partial charge in [-0.3, -0.25) is 9.48 Å². The fourth-order valence-corrected chi connectivity index (χ4v) is 2.98. The molecule has 1 amide bonds. The molecule has 0 aliphatic rings. The quantitative estimate of drug-likeness (QED) is 0.780. The average Bonchev–Trinajstić information content (AvgIpc) is 2.85. The van der Waals surface area contributed by atoms with Crippen LogP contribution in [-0.2, 0) is 17.8 Å². The van der Waals surface area contributed by atoms with E-state index in [1.807, 2.05) is 11.6 Å². The van der Waals surface area contributed by atoms with Gasteiger partial charge in [-0.25, -0.2) is 0 Å². The number of ether oxygens (including phenoxy) is 2. The van der Waals surface area contributed by atoms with Gasteiger partial charge < -0.3 is 14.8 Å². The topological polar surface area (TPSA) is 65.4 Å². The Hall–Kier alpha value is -2.50. The Balaban J connectivity index is 2.05. The molecular formula is C20H29N3O3. The number of benzene rings is 1. The Kier molecular flexibility index (Phi) is 6.66. The molecule has 0 bridgehead atoms. The van der Waals surface area contributed by atoms with Crippen LogP contribution in [0.1, 0.15) is 37.2 Å². The van der Waals surface area contributed by atoms with E-state index in [-0.39, 0.29) is 5.91 Å². The highest BCUT2D eigenvalue weighted by molar-refractivity contribution is 5.92. The van der Waals surface area contributed by atoms with Crippen molar-refractivity contribution < 1.29 is 14.3 Å². The first-order valence-corrected chi connectivity index (χ1v) is 8.90. The van der Waals surface area contributed by atoms with E-state index in [9.17, 15) is 4.79 Å². The molecular weight excluding hydrogens is 330 g/mol. The molecule has 0 spiro atoms. The summed E-state index contributed by atoms with van der Waals surface area (Å²) in [6.07, 6.45) is 1.04. The molecule has 0 unspecified atom stereocenters. The molecule has 0 fully saturated rings. The highest BCUT2D eigenvalue weighted by Crippen LogP contribution is 2.29. The molecule has 1 N–H and O–H groups in total. The van der Waals surface area contributed by atoms with Gasteiger partial charge in [0.25, 0.3) is 0 Å². The fourth-order valence-electron chi connectivity index (χ4n) is 2.98. The normalized spacial score (nSPS) is 10.9. The van der Waals surface area contributed by atoms with E-state index < -0.39 is 0 Å². The number of nitrogens with one attached hydrogen (secondary N) is 1. The highest BCUT2D eigenvalue weighted by Gasteiger charge is 2.15. The minimum absolute atomic E-state index is 0.0630. The minimum Gasteiger partial charge on any atom is -0.497 e. The maximum atomic E-state index is 12.4. The molecule has 1 aromatic carbocycles. The number of rotatable bonds is 8. The Morgan fingerprint density at radius 1 is 1.23 bits per heavy atom. The molecule has 2 rings (SSSR count). The number of methoxy groups -OCH3 is 2. The van der Waals surface area contributed by atoms with Crippen LogP contribution in [0.3, 0.4) is 0 Å². The summed E-state index contributed by atoms with van der Waals surface area (Å²) in [7, 11) is 3.17. The van der Waals surface area contributed by atoms with E-state index in [1.165, 1.54) is 0 Å². The first kappa shape index (κ1) is 19.8. The lowest BCUT2D eigenvalue weighted by molar-refractivity contribution is -0.116. The summed E-state index contributed by atoms with van der Waals surface area (Å²) in [4.78, 5) is 12.4. The first-order valence-electron chi connectivity index (χ1n) is 8.90. The van der Waals surface area contributed by atoms with Crippen molar-refractivity contribution in [2.75, 3.05) is 19.5 Å². The maximum Gasteiger partial charge on any atom is 0.224 e. The maximum absolute atomic E-state index is 12.4. The third kappa shape index (κ3) is 4.77. The second-order valence-electron chi connectivity index (χ2n) is 6.84. The van der Waals surface area contributed by atoms with Crippen molar-refractivity contribution >= 4 is 11.6 Å². The van der Waals surface area contributed by atoms with Gasteiger partial charge in [-0.1, -0.05) is 13.8 Å². The van der Waals surface area contributed by atoms with Crippen molar-refractivity contribution in [2.45, 2.75) is 47.1 Å². The monoisotopic (exact) mass is 359 g/mol. The zero-order valence-corrected chi connectivity index (χ0v) is 16.5. The summed E-state index contributed by atoms with van der Waals surface area (Å²) in [5.74, 6) is 1.75. The van der Waals surface area contributed by atoms with Crippen molar-refractivity contribution in [2.24, 2.45) is 5.92 Å². The van der Waals surface area contributed by atoms with Gasteiger partial charge in [0.05, 0.1) is 25.6 Å². The molecule has 0 aliphatic heterocycles. The summed E-state index contributed by atoms with van der Waals surface area (Å²) in [5.41, 5.74) is 3.90. The van der Waals surface area contributed by atoms with Crippen LogP contribution in [0.25, 0.3) is 0 Å². The number of amides is 1. The van der Waals surface area contributed by atoms with Gasteiger partial charge in [0.1, 0.15) is 11.5 Å². The Bertz CT molecular complexity index is 766. The second kappa shape index (κ2) is 8.74. The number of aromatic nitrogens is 2. The van der Waals surface area contributed by atoms with Gasteiger partial charge in [0.2, 0.25) is 5.91 Å². The van der Waals surface area contributed by atoms with Gasteiger partial charge in [0.15, 0.2) is 0 Å². The molecule has 2 aromatic rings. The van der Waals surface area contributed by atoms with E-state index in [0.717, 1.165) is 23.5 Å². The predicted octanol–water partition coefficient (Wildman–Crippen LogP) is 3.74. The van der Waals surface area contributed by atoms with Crippen molar-refractivity contribution in [1.29, 1.82) is 0 Å². The number of anilines is 1.